The summed E-state index contributed by atoms with van der Waals surface area (Å²) < 4.78 is 6.92. The van der Waals surface area contributed by atoms with Crippen molar-refractivity contribution in [3.8, 4) is 0 Å². The van der Waals surface area contributed by atoms with Crippen molar-refractivity contribution in [3.63, 3.8) is 0 Å². The van der Waals surface area contributed by atoms with E-state index in [1.807, 2.05) is 0 Å². The van der Waals surface area contributed by atoms with E-state index in [4.69, 9.17) is 21.3 Å². The van der Waals surface area contributed by atoms with Crippen molar-refractivity contribution >= 4 is 17.7 Å². The summed E-state index contributed by atoms with van der Waals surface area (Å²) in [6.45, 7) is -0.482. The second kappa shape index (κ2) is 4.35. The van der Waals surface area contributed by atoms with Gasteiger partial charge < -0.3 is 31.7 Å². The molecule has 1 amide bonds. The minimum Gasteiger partial charge on any atom is -0.455 e. The van der Waals surface area contributed by atoms with Gasteiger partial charge in [0.2, 0.25) is 0 Å². The number of fused-ring (bicyclic) bond motifs is 3. The van der Waals surface area contributed by atoms with Gasteiger partial charge in [0.25, 0.3) is 11.9 Å². The summed E-state index contributed by atoms with van der Waals surface area (Å²) in [7, 11) is 0. The second-order valence-corrected chi connectivity index (χ2v) is 4.60. The van der Waals surface area contributed by atoms with Crippen LogP contribution < -0.4 is 16.8 Å². The molecule has 3 heterocycles. The number of aliphatic hydroxyl groups is 2. The van der Waals surface area contributed by atoms with E-state index in [0.29, 0.717) is 5.82 Å². The van der Waals surface area contributed by atoms with E-state index < -0.39 is 36.9 Å². The maximum absolute atomic E-state index is 11.3. The fraction of sp³-hybridized carbons (Fsp3) is 0.500. The highest BCUT2D eigenvalue weighted by atomic mass is 16.5. The molecule has 1 aromatic rings. The lowest BCUT2D eigenvalue weighted by molar-refractivity contribution is 0.0207. The maximum Gasteiger partial charge on any atom is 0.284 e. The number of nitrogens with two attached hydrogens (primary N) is 2. The molecule has 0 bridgehead atoms. The Morgan fingerprint density at radius 3 is 3.05 bits per heavy atom. The zero-order valence-corrected chi connectivity index (χ0v) is 10.3. The van der Waals surface area contributed by atoms with Gasteiger partial charge in [-0.25, -0.2) is 9.98 Å². The number of hydrogen-bond donors (Lipinski definition) is 5. The van der Waals surface area contributed by atoms with Crippen molar-refractivity contribution in [2.45, 2.75) is 24.4 Å². The number of aliphatic imine (C=N–C) groups is 1. The number of nitrogens with one attached hydrogen (secondary N) is 1. The number of carbonyl (C=O) groups is 1. The Kier molecular flexibility index (Phi) is 2.76. The van der Waals surface area contributed by atoms with E-state index in [0.717, 1.165) is 0 Å². The molecule has 2 aliphatic rings. The minimum atomic E-state index is -1.12. The van der Waals surface area contributed by atoms with Gasteiger partial charge in [-0.1, -0.05) is 0 Å². The lowest BCUT2D eigenvalue weighted by Crippen LogP contribution is -2.52. The molecule has 3 rings (SSSR count). The Labute approximate surface area is 113 Å². The molecule has 4 atom stereocenters. The van der Waals surface area contributed by atoms with E-state index in [1.165, 1.54) is 6.33 Å². The van der Waals surface area contributed by atoms with Crippen LogP contribution in [0.15, 0.2) is 11.3 Å². The summed E-state index contributed by atoms with van der Waals surface area (Å²) in [6.07, 6.45) is -0.904. The number of primary amides is 1. The number of anilines is 1. The SMILES string of the molecule is NC(=O)c1ncn2c1N[C@@H]([C@@H](O)CO)[C@H]1OC(N)=N[C@@H]12. The number of rotatable bonds is 3. The first kappa shape index (κ1) is 12.7. The lowest BCUT2D eigenvalue weighted by Gasteiger charge is -2.36. The molecule has 20 heavy (non-hydrogen) atoms. The Bertz CT molecular complexity index is 584. The number of aliphatic hydroxyl groups excluding tert-OH is 2. The highest BCUT2D eigenvalue weighted by Gasteiger charge is 2.46. The van der Waals surface area contributed by atoms with Gasteiger partial charge in [-0.2, -0.15) is 0 Å². The number of nitrogens with zero attached hydrogens (tertiary/aromatic N) is 3. The molecule has 0 spiro atoms. The van der Waals surface area contributed by atoms with Crippen molar-refractivity contribution in [1.29, 1.82) is 0 Å². The Balaban J connectivity index is 2.06. The number of imidazole rings is 1. The third-order valence-electron chi connectivity index (χ3n) is 3.38. The monoisotopic (exact) mass is 282 g/mol. The van der Waals surface area contributed by atoms with E-state index in [-0.39, 0.29) is 11.7 Å². The predicted molar refractivity (Wildman–Crippen MR) is 66.8 cm³/mol. The Morgan fingerprint density at radius 1 is 1.65 bits per heavy atom. The molecule has 10 nitrogen and oxygen atoms in total. The second-order valence-electron chi connectivity index (χ2n) is 4.60. The maximum atomic E-state index is 11.3. The van der Waals surface area contributed by atoms with Crippen LogP contribution >= 0.6 is 0 Å². The van der Waals surface area contributed by atoms with Crippen molar-refractivity contribution in [1.82, 2.24) is 9.55 Å². The average Bonchev–Trinajstić information content (AvgIpc) is 2.98. The molecule has 1 aromatic heterocycles. The molecule has 0 fully saturated rings. The van der Waals surface area contributed by atoms with Gasteiger partial charge in [-0.05, 0) is 0 Å². The Morgan fingerprint density at radius 2 is 2.40 bits per heavy atom. The summed E-state index contributed by atoms with van der Waals surface area (Å²) in [5.74, 6) is -0.392. The largest absolute Gasteiger partial charge is 0.455 e. The summed E-state index contributed by atoms with van der Waals surface area (Å²) >= 11 is 0. The topological polar surface area (TPSA) is 161 Å². The summed E-state index contributed by atoms with van der Waals surface area (Å²) in [5.41, 5.74) is 10.8. The number of ether oxygens (including phenoxy) is 1. The van der Waals surface area contributed by atoms with Gasteiger partial charge in [-0.3, -0.25) is 9.36 Å². The van der Waals surface area contributed by atoms with Gasteiger partial charge in [0.15, 0.2) is 18.0 Å². The van der Waals surface area contributed by atoms with Crippen LogP contribution in [0.2, 0.25) is 0 Å². The molecule has 7 N–H and O–H groups in total. The van der Waals surface area contributed by atoms with Gasteiger partial charge in [0, 0.05) is 0 Å². The quantitative estimate of drug-likeness (QED) is 0.404. The molecule has 2 aliphatic heterocycles. The van der Waals surface area contributed by atoms with Gasteiger partial charge in [-0.15, -0.1) is 0 Å². The number of hydrogen-bond acceptors (Lipinski definition) is 8. The van der Waals surface area contributed by atoms with Crippen LogP contribution in [-0.4, -0.2) is 56.5 Å². The van der Waals surface area contributed by atoms with E-state index in [1.54, 1.807) is 4.57 Å². The average molecular weight is 282 g/mol. The van der Waals surface area contributed by atoms with Crippen LogP contribution in [0.5, 0.6) is 0 Å². The zero-order chi connectivity index (χ0) is 14.4. The smallest absolute Gasteiger partial charge is 0.284 e. The molecule has 0 radical (unpaired) electrons. The van der Waals surface area contributed by atoms with Gasteiger partial charge >= 0.3 is 0 Å². The summed E-state index contributed by atoms with van der Waals surface area (Å²) in [4.78, 5) is 19.4. The number of amides is 1. The first-order valence-corrected chi connectivity index (χ1v) is 5.95. The van der Waals surface area contributed by atoms with E-state index >= 15 is 0 Å². The molecule has 10 heteroatoms. The Hall–Kier alpha value is -2.33. The molecule has 0 aliphatic carbocycles. The molecule has 108 valence electrons. The molecule has 0 aromatic carbocycles. The highest BCUT2D eigenvalue weighted by molar-refractivity contribution is 5.96. The van der Waals surface area contributed by atoms with Crippen molar-refractivity contribution in [2.24, 2.45) is 16.5 Å². The zero-order valence-electron chi connectivity index (χ0n) is 10.3. The third kappa shape index (κ3) is 1.69. The first-order chi connectivity index (χ1) is 9.52. The minimum absolute atomic E-state index is 0.0271. The van der Waals surface area contributed by atoms with Crippen LogP contribution in [0.3, 0.4) is 0 Å². The number of aromatic nitrogens is 2. The highest BCUT2D eigenvalue weighted by Crippen LogP contribution is 2.36. The van der Waals surface area contributed by atoms with Crippen LogP contribution in [0.25, 0.3) is 0 Å². The standard InChI is InChI=1S/C10H14N6O4/c11-7(19)5-8-14-4(3(18)1-17)6-9(15-10(12)20-6)16(8)2-13-5/h2-4,6,9,14,17-18H,1H2,(H2,11,19)(H2,12,15)/t3-,4-,6+,9+/m0/s1. The molecular formula is C10H14N6O4. The predicted octanol–water partition coefficient (Wildman–Crippen LogP) is -2.66. The van der Waals surface area contributed by atoms with Gasteiger partial charge in [0.05, 0.1) is 19.0 Å². The van der Waals surface area contributed by atoms with Crippen LogP contribution in [0.4, 0.5) is 5.82 Å². The van der Waals surface area contributed by atoms with Gasteiger partial charge in [0.1, 0.15) is 11.9 Å². The molecule has 0 saturated heterocycles. The van der Waals surface area contributed by atoms with E-state index in [9.17, 15) is 9.90 Å². The fourth-order valence-electron chi connectivity index (χ4n) is 2.47. The van der Waals surface area contributed by atoms with Crippen LogP contribution in [0, 0.1) is 0 Å². The lowest BCUT2D eigenvalue weighted by atomic mass is 10.0. The number of carbonyl (C=O) groups excluding carboxylic acids is 1. The normalized spacial score (nSPS) is 28.7. The molecule has 0 saturated carbocycles. The van der Waals surface area contributed by atoms with Crippen molar-refractivity contribution in [2.75, 3.05) is 11.9 Å². The molecular weight excluding hydrogens is 268 g/mol. The third-order valence-corrected chi connectivity index (χ3v) is 3.38. The number of amidine groups is 1. The van der Waals surface area contributed by atoms with Crippen LogP contribution in [0.1, 0.15) is 16.7 Å². The van der Waals surface area contributed by atoms with E-state index in [2.05, 4.69) is 15.3 Å². The first-order valence-electron chi connectivity index (χ1n) is 5.95. The van der Waals surface area contributed by atoms with Crippen molar-refractivity contribution in [3.05, 3.63) is 12.0 Å². The van der Waals surface area contributed by atoms with Crippen molar-refractivity contribution < 1.29 is 19.7 Å². The fourth-order valence-corrected chi connectivity index (χ4v) is 2.47. The summed E-state index contributed by atoms with van der Waals surface area (Å²) in [5, 5.41) is 21.9. The van der Waals surface area contributed by atoms with Crippen LogP contribution in [-0.2, 0) is 4.74 Å². The summed E-state index contributed by atoms with van der Waals surface area (Å²) in [6, 6.07) is -0.726. The molecule has 0 unspecified atom stereocenters.